The fraction of sp³-hybridized carbons (Fsp3) is 0.450. The Labute approximate surface area is 148 Å². The van der Waals surface area contributed by atoms with Crippen molar-refractivity contribution < 1.29 is 9.53 Å². The van der Waals surface area contributed by atoms with Crippen LogP contribution in [0.2, 0.25) is 0 Å². The molecule has 0 radical (unpaired) electrons. The molecule has 3 heterocycles. The number of aromatic nitrogens is 2. The molecule has 1 aromatic heterocycles. The summed E-state index contributed by atoms with van der Waals surface area (Å²) in [7, 11) is 0. The Balaban J connectivity index is 1.68. The molecule has 2 aromatic rings. The maximum Gasteiger partial charge on any atom is 0.257 e. The number of amides is 1. The Morgan fingerprint density at radius 1 is 1.20 bits per heavy atom. The SMILES string of the molecule is Cc1ncc(C(=O)N2CC3(CCOCC3)C2c2ccccc2)c(C)n1. The summed E-state index contributed by atoms with van der Waals surface area (Å²) in [6, 6.07) is 10.5. The molecular formula is C20H23N3O2. The zero-order valence-electron chi connectivity index (χ0n) is 14.7. The van der Waals surface area contributed by atoms with Crippen molar-refractivity contribution in [3.05, 3.63) is 59.2 Å². The summed E-state index contributed by atoms with van der Waals surface area (Å²) in [6.45, 7) is 6.05. The van der Waals surface area contributed by atoms with Crippen LogP contribution >= 0.6 is 0 Å². The molecule has 2 aliphatic heterocycles. The van der Waals surface area contributed by atoms with Crippen LogP contribution in [0.15, 0.2) is 36.5 Å². The normalized spacial score (nSPS) is 21.8. The van der Waals surface area contributed by atoms with Crippen LogP contribution in [0.5, 0.6) is 0 Å². The first-order valence-electron chi connectivity index (χ1n) is 8.85. The maximum atomic E-state index is 13.2. The van der Waals surface area contributed by atoms with Gasteiger partial charge in [-0.25, -0.2) is 9.97 Å². The predicted molar refractivity (Wildman–Crippen MR) is 94.2 cm³/mol. The summed E-state index contributed by atoms with van der Waals surface area (Å²) in [6.07, 6.45) is 3.66. The zero-order chi connectivity index (χ0) is 17.4. The highest BCUT2D eigenvalue weighted by molar-refractivity contribution is 5.96. The van der Waals surface area contributed by atoms with Crippen LogP contribution in [0.4, 0.5) is 0 Å². The Morgan fingerprint density at radius 2 is 1.92 bits per heavy atom. The van der Waals surface area contributed by atoms with Gasteiger partial charge in [-0.15, -0.1) is 0 Å². The van der Waals surface area contributed by atoms with Gasteiger partial charge >= 0.3 is 0 Å². The van der Waals surface area contributed by atoms with Crippen molar-refractivity contribution in [2.24, 2.45) is 5.41 Å². The van der Waals surface area contributed by atoms with Crippen LogP contribution in [-0.2, 0) is 4.74 Å². The van der Waals surface area contributed by atoms with Gasteiger partial charge in [-0.2, -0.15) is 0 Å². The minimum Gasteiger partial charge on any atom is -0.381 e. The van der Waals surface area contributed by atoms with E-state index in [1.165, 1.54) is 5.56 Å². The second-order valence-corrected chi connectivity index (χ2v) is 7.14. The monoisotopic (exact) mass is 337 g/mol. The zero-order valence-corrected chi connectivity index (χ0v) is 14.7. The molecule has 1 amide bonds. The van der Waals surface area contributed by atoms with Crippen LogP contribution < -0.4 is 0 Å². The summed E-state index contributed by atoms with van der Waals surface area (Å²) >= 11 is 0. The van der Waals surface area contributed by atoms with Gasteiger partial charge in [-0.3, -0.25) is 4.79 Å². The number of likely N-dealkylation sites (tertiary alicyclic amines) is 1. The van der Waals surface area contributed by atoms with Crippen LogP contribution in [0.3, 0.4) is 0 Å². The number of aryl methyl sites for hydroxylation is 2. The molecule has 5 heteroatoms. The Kier molecular flexibility index (Phi) is 4.04. The highest BCUT2D eigenvalue weighted by Gasteiger charge is 2.55. The average molecular weight is 337 g/mol. The molecule has 1 atom stereocenters. The molecule has 5 nitrogen and oxygen atoms in total. The van der Waals surface area contributed by atoms with E-state index in [9.17, 15) is 4.79 Å². The van der Waals surface area contributed by atoms with Crippen LogP contribution in [-0.4, -0.2) is 40.5 Å². The maximum absolute atomic E-state index is 13.2. The third kappa shape index (κ3) is 2.72. The van der Waals surface area contributed by atoms with Crippen molar-refractivity contribution in [1.29, 1.82) is 0 Å². The van der Waals surface area contributed by atoms with Gasteiger partial charge in [0.15, 0.2) is 0 Å². The van der Waals surface area contributed by atoms with E-state index in [1.54, 1.807) is 6.20 Å². The number of hydrogen-bond acceptors (Lipinski definition) is 4. The van der Waals surface area contributed by atoms with Gasteiger partial charge in [-0.05, 0) is 32.3 Å². The lowest BCUT2D eigenvalue weighted by Gasteiger charge is -2.59. The minimum atomic E-state index is 0.0310. The summed E-state index contributed by atoms with van der Waals surface area (Å²) in [5.41, 5.74) is 2.69. The Morgan fingerprint density at radius 3 is 2.60 bits per heavy atom. The molecule has 1 spiro atoms. The summed E-state index contributed by atoms with van der Waals surface area (Å²) in [5.74, 6) is 0.724. The molecule has 2 saturated heterocycles. The van der Waals surface area contributed by atoms with Crippen LogP contribution in [0.1, 0.15) is 46.3 Å². The van der Waals surface area contributed by atoms with E-state index < -0.39 is 0 Å². The van der Waals surface area contributed by atoms with Crippen molar-refractivity contribution >= 4 is 5.91 Å². The Hall–Kier alpha value is -2.27. The number of carbonyl (C=O) groups excluding carboxylic acids is 1. The predicted octanol–water partition coefficient (Wildman–Crippen LogP) is 3.09. The molecule has 0 aliphatic carbocycles. The van der Waals surface area contributed by atoms with Crippen molar-refractivity contribution in [2.75, 3.05) is 19.8 Å². The standard InChI is InChI=1S/C20H23N3O2/c1-14-17(12-21-15(2)22-14)19(24)23-13-20(8-10-25-11-9-20)18(23)16-6-4-3-5-7-16/h3-7,12,18H,8-11,13H2,1-2H3. The van der Waals surface area contributed by atoms with Gasteiger partial charge in [0.2, 0.25) is 0 Å². The van der Waals surface area contributed by atoms with E-state index in [4.69, 9.17) is 4.74 Å². The van der Waals surface area contributed by atoms with Gasteiger partial charge in [0.05, 0.1) is 17.3 Å². The molecule has 1 unspecified atom stereocenters. The smallest absolute Gasteiger partial charge is 0.257 e. The van der Waals surface area contributed by atoms with Crippen molar-refractivity contribution in [3.8, 4) is 0 Å². The molecule has 1 aromatic carbocycles. The average Bonchev–Trinajstić information content (AvgIpc) is 2.61. The summed E-state index contributed by atoms with van der Waals surface area (Å²) in [4.78, 5) is 23.8. The lowest BCUT2D eigenvalue weighted by atomic mass is 9.64. The van der Waals surface area contributed by atoms with Gasteiger partial charge in [0, 0.05) is 31.4 Å². The van der Waals surface area contributed by atoms with E-state index in [-0.39, 0.29) is 17.4 Å². The number of carbonyl (C=O) groups is 1. The second kappa shape index (κ2) is 6.23. The van der Waals surface area contributed by atoms with Gasteiger partial charge in [0.25, 0.3) is 5.91 Å². The molecule has 25 heavy (non-hydrogen) atoms. The fourth-order valence-corrected chi connectivity index (χ4v) is 4.25. The highest BCUT2D eigenvalue weighted by Crippen LogP contribution is 2.55. The summed E-state index contributed by atoms with van der Waals surface area (Å²) in [5, 5.41) is 0. The molecular weight excluding hydrogens is 314 g/mol. The van der Waals surface area contributed by atoms with Gasteiger partial charge < -0.3 is 9.64 Å². The first-order chi connectivity index (χ1) is 12.1. The molecule has 2 fully saturated rings. The van der Waals surface area contributed by atoms with E-state index >= 15 is 0 Å². The molecule has 4 rings (SSSR count). The largest absolute Gasteiger partial charge is 0.381 e. The van der Waals surface area contributed by atoms with Crippen molar-refractivity contribution in [3.63, 3.8) is 0 Å². The number of rotatable bonds is 2. The number of benzene rings is 1. The second-order valence-electron chi connectivity index (χ2n) is 7.14. The number of ether oxygens (including phenoxy) is 1. The molecule has 0 saturated carbocycles. The van der Waals surface area contributed by atoms with Crippen LogP contribution in [0, 0.1) is 19.3 Å². The molecule has 2 aliphatic rings. The first kappa shape index (κ1) is 16.2. The lowest BCUT2D eigenvalue weighted by molar-refractivity contribution is -0.115. The number of nitrogens with zero attached hydrogens (tertiary/aromatic N) is 3. The van der Waals surface area contributed by atoms with E-state index in [0.717, 1.165) is 38.3 Å². The third-order valence-corrected chi connectivity index (χ3v) is 5.57. The topological polar surface area (TPSA) is 55.3 Å². The number of hydrogen-bond donors (Lipinski definition) is 0. The Bertz CT molecular complexity index is 785. The van der Waals surface area contributed by atoms with Gasteiger partial charge in [-0.1, -0.05) is 30.3 Å². The molecule has 130 valence electrons. The van der Waals surface area contributed by atoms with Crippen LogP contribution in [0.25, 0.3) is 0 Å². The van der Waals surface area contributed by atoms with E-state index in [0.29, 0.717) is 11.4 Å². The first-order valence-corrected chi connectivity index (χ1v) is 8.85. The highest BCUT2D eigenvalue weighted by atomic mass is 16.5. The fourth-order valence-electron chi connectivity index (χ4n) is 4.25. The van der Waals surface area contributed by atoms with Crippen molar-refractivity contribution in [2.45, 2.75) is 32.7 Å². The minimum absolute atomic E-state index is 0.0310. The van der Waals surface area contributed by atoms with Crippen molar-refractivity contribution in [1.82, 2.24) is 14.9 Å². The van der Waals surface area contributed by atoms with E-state index in [2.05, 4.69) is 22.1 Å². The lowest BCUT2D eigenvalue weighted by Crippen LogP contribution is -2.62. The third-order valence-electron chi connectivity index (χ3n) is 5.57. The van der Waals surface area contributed by atoms with E-state index in [1.807, 2.05) is 36.9 Å². The molecule has 0 bridgehead atoms. The van der Waals surface area contributed by atoms with Gasteiger partial charge in [0.1, 0.15) is 5.82 Å². The summed E-state index contributed by atoms with van der Waals surface area (Å²) < 4.78 is 5.57. The quantitative estimate of drug-likeness (QED) is 0.845. The molecule has 0 N–H and O–H groups in total.